The first-order valence-electron chi connectivity index (χ1n) is 7.07. The van der Waals surface area contributed by atoms with Gasteiger partial charge in [0.2, 0.25) is 0 Å². The molecule has 5 heteroatoms. The van der Waals surface area contributed by atoms with Gasteiger partial charge in [0.15, 0.2) is 0 Å². The highest BCUT2D eigenvalue weighted by Crippen LogP contribution is 2.47. The first kappa shape index (κ1) is 13.9. The van der Waals surface area contributed by atoms with Crippen LogP contribution in [0.15, 0.2) is 16.6 Å². The maximum atomic E-state index is 13.3. The molecule has 0 heterocycles. The summed E-state index contributed by atoms with van der Waals surface area (Å²) in [7, 11) is 0. The lowest BCUT2D eigenvalue weighted by Crippen LogP contribution is -2.31. The molecule has 0 spiro atoms. The minimum Gasteiger partial charge on any atom is -0.396 e. The van der Waals surface area contributed by atoms with Gasteiger partial charge in [-0.15, -0.1) is 0 Å². The van der Waals surface area contributed by atoms with E-state index in [2.05, 4.69) is 21.2 Å². The second-order valence-electron chi connectivity index (χ2n) is 6.00. The zero-order valence-corrected chi connectivity index (χ0v) is 12.7. The van der Waals surface area contributed by atoms with Crippen molar-refractivity contribution in [1.82, 2.24) is 5.32 Å². The molecule has 1 aromatic carbocycles. The molecule has 1 amide bonds. The van der Waals surface area contributed by atoms with Gasteiger partial charge >= 0.3 is 0 Å². The fourth-order valence-electron chi connectivity index (χ4n) is 3.69. The molecule has 0 radical (unpaired) electrons. The van der Waals surface area contributed by atoms with Gasteiger partial charge in [0.25, 0.3) is 5.91 Å². The number of nitrogens with one attached hydrogen (secondary N) is 1. The molecule has 3 N–H and O–H groups in total. The van der Waals surface area contributed by atoms with E-state index in [1.165, 1.54) is 37.8 Å². The van der Waals surface area contributed by atoms with E-state index in [9.17, 15) is 9.18 Å². The number of amides is 1. The summed E-state index contributed by atoms with van der Waals surface area (Å²) in [5.74, 6) is 1.55. The number of nitrogens with two attached hydrogens (primary N) is 1. The molecule has 0 aliphatic heterocycles. The zero-order chi connectivity index (χ0) is 14.3. The van der Waals surface area contributed by atoms with E-state index in [4.69, 9.17) is 5.73 Å². The zero-order valence-electron chi connectivity index (χ0n) is 11.2. The molecule has 0 saturated heterocycles. The standard InChI is InChI=1S/C15H18BrFN2O/c16-12-6-13(17)14(18)5-11(12)15(20)19-7-10-4-8-1-2-9(10)3-8/h5-6,8-10H,1-4,7,18H2,(H,19,20). The van der Waals surface area contributed by atoms with Crippen molar-refractivity contribution in [2.24, 2.45) is 17.8 Å². The summed E-state index contributed by atoms with van der Waals surface area (Å²) in [5, 5.41) is 2.97. The van der Waals surface area contributed by atoms with E-state index in [1.54, 1.807) is 0 Å². The Kier molecular flexibility index (Phi) is 3.71. The number of anilines is 1. The molecular weight excluding hydrogens is 323 g/mol. The van der Waals surface area contributed by atoms with E-state index in [1.807, 2.05) is 0 Å². The number of hydrogen-bond donors (Lipinski definition) is 2. The molecule has 0 aromatic heterocycles. The Morgan fingerprint density at radius 2 is 2.20 bits per heavy atom. The van der Waals surface area contributed by atoms with Crippen molar-refractivity contribution in [1.29, 1.82) is 0 Å². The van der Waals surface area contributed by atoms with Gasteiger partial charge in [-0.3, -0.25) is 4.79 Å². The highest BCUT2D eigenvalue weighted by Gasteiger charge is 2.39. The summed E-state index contributed by atoms with van der Waals surface area (Å²) in [6.07, 6.45) is 5.22. The number of carbonyl (C=O) groups is 1. The molecule has 20 heavy (non-hydrogen) atoms. The maximum absolute atomic E-state index is 13.3. The van der Waals surface area contributed by atoms with Crippen LogP contribution >= 0.6 is 15.9 Å². The average molecular weight is 341 g/mol. The predicted molar refractivity (Wildman–Crippen MR) is 79.8 cm³/mol. The number of hydrogen-bond acceptors (Lipinski definition) is 2. The Hall–Kier alpha value is -1.10. The Labute approximate surface area is 126 Å². The summed E-state index contributed by atoms with van der Waals surface area (Å²) in [6, 6.07) is 2.62. The van der Waals surface area contributed by atoms with Gasteiger partial charge in [-0.05, 0) is 65.1 Å². The third kappa shape index (κ3) is 2.55. The van der Waals surface area contributed by atoms with Crippen molar-refractivity contribution >= 4 is 27.5 Å². The van der Waals surface area contributed by atoms with Crippen LogP contribution in [0.3, 0.4) is 0 Å². The third-order valence-corrected chi connectivity index (χ3v) is 5.40. The lowest BCUT2D eigenvalue weighted by Gasteiger charge is -2.22. The summed E-state index contributed by atoms with van der Waals surface area (Å²) in [5.41, 5.74) is 5.91. The van der Waals surface area contributed by atoms with E-state index >= 15 is 0 Å². The quantitative estimate of drug-likeness (QED) is 0.829. The molecule has 3 nitrogen and oxygen atoms in total. The van der Waals surface area contributed by atoms with E-state index in [0.29, 0.717) is 22.5 Å². The van der Waals surface area contributed by atoms with Crippen LogP contribution in [0.1, 0.15) is 36.0 Å². The van der Waals surface area contributed by atoms with E-state index in [-0.39, 0.29) is 11.6 Å². The molecule has 2 aliphatic rings. The number of nitrogen functional groups attached to an aromatic ring is 1. The fourth-order valence-corrected chi connectivity index (χ4v) is 4.18. The highest BCUT2D eigenvalue weighted by atomic mass is 79.9. The molecular formula is C15H18BrFN2O. The van der Waals surface area contributed by atoms with Crippen molar-refractivity contribution in [3.8, 4) is 0 Å². The fraction of sp³-hybridized carbons (Fsp3) is 0.533. The van der Waals surface area contributed by atoms with Crippen LogP contribution in [0, 0.1) is 23.6 Å². The highest BCUT2D eigenvalue weighted by molar-refractivity contribution is 9.10. The second-order valence-corrected chi connectivity index (χ2v) is 6.85. The molecule has 2 saturated carbocycles. The Balaban J connectivity index is 1.63. The van der Waals surface area contributed by atoms with Crippen molar-refractivity contribution < 1.29 is 9.18 Å². The first-order valence-corrected chi connectivity index (χ1v) is 7.86. The van der Waals surface area contributed by atoms with Crippen molar-refractivity contribution in [2.75, 3.05) is 12.3 Å². The van der Waals surface area contributed by atoms with Crippen LogP contribution in [0.2, 0.25) is 0 Å². The van der Waals surface area contributed by atoms with Crippen LogP contribution in [0.25, 0.3) is 0 Å². The van der Waals surface area contributed by atoms with E-state index < -0.39 is 5.82 Å². The van der Waals surface area contributed by atoms with Gasteiger partial charge in [0.05, 0.1) is 11.3 Å². The number of fused-ring (bicyclic) bond motifs is 2. The molecule has 2 aliphatic carbocycles. The van der Waals surface area contributed by atoms with Crippen LogP contribution in [-0.2, 0) is 0 Å². The van der Waals surface area contributed by atoms with Crippen LogP contribution in [0.4, 0.5) is 10.1 Å². The molecule has 3 atom stereocenters. The van der Waals surface area contributed by atoms with Crippen LogP contribution in [0.5, 0.6) is 0 Å². The number of carbonyl (C=O) groups excluding carboxylic acids is 1. The van der Waals surface area contributed by atoms with Crippen molar-refractivity contribution in [3.05, 3.63) is 28.0 Å². The Morgan fingerprint density at radius 1 is 1.40 bits per heavy atom. The van der Waals surface area contributed by atoms with Gasteiger partial charge in [0.1, 0.15) is 5.82 Å². The average Bonchev–Trinajstić information content (AvgIpc) is 3.02. The second kappa shape index (κ2) is 5.35. The first-order chi connectivity index (χ1) is 9.54. The molecule has 2 fully saturated rings. The minimum atomic E-state index is -0.512. The topological polar surface area (TPSA) is 55.1 Å². The Morgan fingerprint density at radius 3 is 2.85 bits per heavy atom. The van der Waals surface area contributed by atoms with Gasteiger partial charge < -0.3 is 11.1 Å². The molecule has 3 rings (SSSR count). The molecule has 3 unspecified atom stereocenters. The number of halogens is 2. The van der Waals surface area contributed by atoms with Crippen molar-refractivity contribution in [2.45, 2.75) is 25.7 Å². The van der Waals surface area contributed by atoms with E-state index in [0.717, 1.165) is 11.8 Å². The monoisotopic (exact) mass is 340 g/mol. The summed E-state index contributed by atoms with van der Waals surface area (Å²) >= 11 is 3.21. The normalized spacial score (nSPS) is 27.8. The number of rotatable bonds is 3. The molecule has 108 valence electrons. The van der Waals surface area contributed by atoms with Crippen LogP contribution < -0.4 is 11.1 Å². The predicted octanol–water partition coefficient (Wildman–Crippen LogP) is 3.34. The SMILES string of the molecule is Nc1cc(C(=O)NCC2CC3CCC2C3)c(Br)cc1F. The maximum Gasteiger partial charge on any atom is 0.252 e. The summed E-state index contributed by atoms with van der Waals surface area (Å²) in [4.78, 5) is 12.2. The molecule has 1 aromatic rings. The molecule has 2 bridgehead atoms. The van der Waals surface area contributed by atoms with Crippen molar-refractivity contribution in [3.63, 3.8) is 0 Å². The third-order valence-electron chi connectivity index (χ3n) is 4.74. The van der Waals surface area contributed by atoms with Gasteiger partial charge in [0, 0.05) is 11.0 Å². The Bertz CT molecular complexity index is 549. The summed E-state index contributed by atoms with van der Waals surface area (Å²) in [6.45, 7) is 0.712. The van der Waals surface area contributed by atoms with Gasteiger partial charge in [-0.2, -0.15) is 0 Å². The van der Waals surface area contributed by atoms with Gasteiger partial charge in [-0.1, -0.05) is 6.42 Å². The largest absolute Gasteiger partial charge is 0.396 e. The minimum absolute atomic E-state index is 0.00160. The number of benzene rings is 1. The smallest absolute Gasteiger partial charge is 0.252 e. The summed E-state index contributed by atoms with van der Waals surface area (Å²) < 4.78 is 13.7. The van der Waals surface area contributed by atoms with Crippen LogP contribution in [-0.4, -0.2) is 12.5 Å². The van der Waals surface area contributed by atoms with Gasteiger partial charge in [-0.25, -0.2) is 4.39 Å². The lowest BCUT2D eigenvalue weighted by molar-refractivity contribution is 0.0941. The lowest BCUT2D eigenvalue weighted by atomic mass is 9.89.